The van der Waals surface area contributed by atoms with E-state index in [1.807, 2.05) is 23.1 Å². The Kier molecular flexibility index (Phi) is 5.80. The quantitative estimate of drug-likeness (QED) is 0.904. The maximum Gasteiger partial charge on any atom is 0.226 e. The van der Waals surface area contributed by atoms with Gasteiger partial charge in [-0.25, -0.2) is 0 Å². The Morgan fingerprint density at radius 1 is 1.19 bits per heavy atom. The molecule has 1 saturated carbocycles. The highest BCUT2D eigenvalue weighted by atomic mass is 16.2. The number of nitrogens with zero attached hydrogens (tertiary/aromatic N) is 1. The highest BCUT2D eigenvalue weighted by Gasteiger charge is 2.30. The summed E-state index contributed by atoms with van der Waals surface area (Å²) in [6.07, 6.45) is 4.20. The number of hydrogen-bond acceptors (Lipinski definition) is 2. The minimum absolute atomic E-state index is 0.193. The van der Waals surface area contributed by atoms with Crippen molar-refractivity contribution in [3.05, 3.63) is 35.9 Å². The van der Waals surface area contributed by atoms with Gasteiger partial charge in [0.15, 0.2) is 0 Å². The molecule has 3 nitrogen and oxygen atoms in total. The molecule has 1 aromatic rings. The lowest BCUT2D eigenvalue weighted by atomic mass is 9.81. The second-order valence-electron chi connectivity index (χ2n) is 6.50. The zero-order chi connectivity index (χ0) is 15.2. The Morgan fingerprint density at radius 2 is 1.81 bits per heavy atom. The first-order valence-corrected chi connectivity index (χ1v) is 8.16. The standard InChI is InChI=1S/C18H28N2O/c1-14(2)20(13-16-6-4-3-5-7-16)18(21)17-10-8-15(12-19)9-11-17/h3-7,14-15,17H,8-13,19H2,1-2H3. The minimum Gasteiger partial charge on any atom is -0.336 e. The zero-order valence-electron chi connectivity index (χ0n) is 13.3. The molecule has 0 aliphatic heterocycles. The fourth-order valence-corrected chi connectivity index (χ4v) is 3.17. The van der Waals surface area contributed by atoms with Crippen molar-refractivity contribution in [2.75, 3.05) is 6.54 Å². The maximum atomic E-state index is 12.8. The van der Waals surface area contributed by atoms with Crippen LogP contribution in [0.1, 0.15) is 45.1 Å². The molecule has 0 saturated heterocycles. The number of carbonyl (C=O) groups excluding carboxylic acids is 1. The number of benzene rings is 1. The molecule has 21 heavy (non-hydrogen) atoms. The van der Waals surface area contributed by atoms with Gasteiger partial charge in [-0.05, 0) is 57.6 Å². The lowest BCUT2D eigenvalue weighted by Gasteiger charge is -2.34. The van der Waals surface area contributed by atoms with Crippen LogP contribution in [0.25, 0.3) is 0 Å². The van der Waals surface area contributed by atoms with E-state index >= 15 is 0 Å². The second-order valence-corrected chi connectivity index (χ2v) is 6.50. The highest BCUT2D eigenvalue weighted by Crippen LogP contribution is 2.30. The van der Waals surface area contributed by atoms with Gasteiger partial charge in [-0.1, -0.05) is 30.3 Å². The first-order chi connectivity index (χ1) is 10.1. The molecule has 3 heteroatoms. The molecule has 2 rings (SSSR count). The van der Waals surface area contributed by atoms with Gasteiger partial charge in [0.05, 0.1) is 0 Å². The van der Waals surface area contributed by atoms with Crippen LogP contribution in [0.3, 0.4) is 0 Å². The summed E-state index contributed by atoms with van der Waals surface area (Å²) in [7, 11) is 0. The van der Waals surface area contributed by atoms with Gasteiger partial charge in [0.2, 0.25) is 5.91 Å². The Labute approximate surface area is 128 Å². The third-order valence-electron chi connectivity index (χ3n) is 4.63. The number of carbonyl (C=O) groups is 1. The van der Waals surface area contributed by atoms with E-state index in [0.29, 0.717) is 18.4 Å². The average molecular weight is 288 g/mol. The topological polar surface area (TPSA) is 46.3 Å². The van der Waals surface area contributed by atoms with Crippen molar-refractivity contribution in [1.29, 1.82) is 0 Å². The summed E-state index contributed by atoms with van der Waals surface area (Å²) >= 11 is 0. The first-order valence-electron chi connectivity index (χ1n) is 8.16. The van der Waals surface area contributed by atoms with Crippen molar-refractivity contribution in [1.82, 2.24) is 4.90 Å². The SMILES string of the molecule is CC(C)N(Cc1ccccc1)C(=O)C1CCC(CN)CC1. The largest absolute Gasteiger partial charge is 0.336 e. The van der Waals surface area contributed by atoms with E-state index < -0.39 is 0 Å². The van der Waals surface area contributed by atoms with Gasteiger partial charge in [0.25, 0.3) is 0 Å². The molecule has 0 spiro atoms. The molecule has 0 aromatic heterocycles. The fourth-order valence-electron chi connectivity index (χ4n) is 3.17. The van der Waals surface area contributed by atoms with Gasteiger partial charge in [-0.15, -0.1) is 0 Å². The number of amides is 1. The maximum absolute atomic E-state index is 12.8. The van der Waals surface area contributed by atoms with E-state index in [-0.39, 0.29) is 12.0 Å². The van der Waals surface area contributed by atoms with Crippen LogP contribution in [0.5, 0.6) is 0 Å². The summed E-state index contributed by atoms with van der Waals surface area (Å²) in [5.41, 5.74) is 6.94. The summed E-state index contributed by atoms with van der Waals surface area (Å²) in [5, 5.41) is 0. The zero-order valence-corrected chi connectivity index (χ0v) is 13.3. The summed E-state index contributed by atoms with van der Waals surface area (Å²) in [6.45, 7) is 5.69. The third kappa shape index (κ3) is 4.31. The predicted molar refractivity (Wildman–Crippen MR) is 86.6 cm³/mol. The van der Waals surface area contributed by atoms with Gasteiger partial charge in [0.1, 0.15) is 0 Å². The van der Waals surface area contributed by atoms with Crippen molar-refractivity contribution in [3.63, 3.8) is 0 Å². The Bertz CT molecular complexity index is 436. The van der Waals surface area contributed by atoms with Crippen LogP contribution < -0.4 is 5.73 Å². The van der Waals surface area contributed by atoms with Crippen LogP contribution >= 0.6 is 0 Å². The van der Waals surface area contributed by atoms with Crippen molar-refractivity contribution in [2.45, 2.75) is 52.1 Å². The van der Waals surface area contributed by atoms with E-state index in [9.17, 15) is 4.79 Å². The minimum atomic E-state index is 0.193. The fraction of sp³-hybridized carbons (Fsp3) is 0.611. The molecule has 1 amide bonds. The van der Waals surface area contributed by atoms with Gasteiger partial charge < -0.3 is 10.6 Å². The monoisotopic (exact) mass is 288 g/mol. The van der Waals surface area contributed by atoms with Crippen LogP contribution in [0.15, 0.2) is 30.3 Å². The summed E-state index contributed by atoms with van der Waals surface area (Å²) in [4.78, 5) is 14.9. The normalized spacial score (nSPS) is 22.3. The number of hydrogen-bond donors (Lipinski definition) is 1. The average Bonchev–Trinajstić information content (AvgIpc) is 2.53. The van der Waals surface area contributed by atoms with Gasteiger partial charge >= 0.3 is 0 Å². The van der Waals surface area contributed by atoms with E-state index in [1.54, 1.807) is 0 Å². The Balaban J connectivity index is 1.99. The summed E-state index contributed by atoms with van der Waals surface area (Å²) in [6, 6.07) is 10.5. The second kappa shape index (κ2) is 7.60. The lowest BCUT2D eigenvalue weighted by Crippen LogP contribution is -2.41. The molecule has 0 bridgehead atoms. The molecule has 1 aromatic carbocycles. The molecule has 116 valence electrons. The molecule has 1 aliphatic rings. The predicted octanol–water partition coefficient (Wildman–Crippen LogP) is 3.19. The van der Waals surface area contributed by atoms with Gasteiger partial charge in [0, 0.05) is 18.5 Å². The van der Waals surface area contributed by atoms with Gasteiger partial charge in [-0.3, -0.25) is 4.79 Å². The van der Waals surface area contributed by atoms with E-state index in [0.717, 1.165) is 32.2 Å². The first kappa shape index (κ1) is 16.0. The van der Waals surface area contributed by atoms with Crippen molar-refractivity contribution in [3.8, 4) is 0 Å². The Hall–Kier alpha value is -1.35. The third-order valence-corrected chi connectivity index (χ3v) is 4.63. The van der Waals surface area contributed by atoms with Crippen LogP contribution in [0.4, 0.5) is 0 Å². The van der Waals surface area contributed by atoms with Crippen molar-refractivity contribution >= 4 is 5.91 Å². The van der Waals surface area contributed by atoms with E-state index in [2.05, 4.69) is 26.0 Å². The smallest absolute Gasteiger partial charge is 0.226 e. The highest BCUT2D eigenvalue weighted by molar-refractivity contribution is 5.79. The molecule has 1 fully saturated rings. The summed E-state index contributed by atoms with van der Waals surface area (Å²) in [5.74, 6) is 1.14. The molecule has 2 N–H and O–H groups in total. The number of nitrogens with two attached hydrogens (primary N) is 1. The van der Waals surface area contributed by atoms with Crippen LogP contribution in [-0.2, 0) is 11.3 Å². The molecular weight excluding hydrogens is 260 g/mol. The van der Waals surface area contributed by atoms with E-state index in [4.69, 9.17) is 5.73 Å². The van der Waals surface area contributed by atoms with Crippen LogP contribution in [-0.4, -0.2) is 23.4 Å². The van der Waals surface area contributed by atoms with Crippen LogP contribution in [0.2, 0.25) is 0 Å². The Morgan fingerprint density at radius 3 is 2.33 bits per heavy atom. The summed E-state index contributed by atoms with van der Waals surface area (Å²) < 4.78 is 0. The lowest BCUT2D eigenvalue weighted by molar-refractivity contribution is -0.139. The molecular formula is C18H28N2O. The van der Waals surface area contributed by atoms with Gasteiger partial charge in [-0.2, -0.15) is 0 Å². The molecule has 0 unspecified atom stereocenters. The molecule has 0 heterocycles. The van der Waals surface area contributed by atoms with Crippen molar-refractivity contribution in [2.24, 2.45) is 17.6 Å². The molecule has 0 atom stereocenters. The molecule has 1 aliphatic carbocycles. The van der Waals surface area contributed by atoms with Crippen molar-refractivity contribution < 1.29 is 4.79 Å². The number of rotatable bonds is 5. The van der Waals surface area contributed by atoms with Crippen LogP contribution in [0, 0.1) is 11.8 Å². The molecule has 0 radical (unpaired) electrons. The van der Waals surface area contributed by atoms with E-state index in [1.165, 1.54) is 5.56 Å².